The lowest BCUT2D eigenvalue weighted by Crippen LogP contribution is -2.21. The summed E-state index contributed by atoms with van der Waals surface area (Å²) < 4.78 is 0. The van der Waals surface area contributed by atoms with Crippen molar-refractivity contribution in [1.29, 1.82) is 0 Å². The van der Waals surface area contributed by atoms with E-state index in [-0.39, 0.29) is 0 Å². The number of hydrogen-bond acceptors (Lipinski definition) is 2. The molecule has 0 aliphatic heterocycles. The summed E-state index contributed by atoms with van der Waals surface area (Å²) in [6, 6.07) is 8.55. The minimum absolute atomic E-state index is 0.821. The highest BCUT2D eigenvalue weighted by Gasteiger charge is 2.27. The van der Waals surface area contributed by atoms with Gasteiger partial charge in [0.05, 0.1) is 0 Å². The van der Waals surface area contributed by atoms with Crippen LogP contribution in [0.4, 0.5) is 0 Å². The molecule has 1 aliphatic rings. The number of nitrogens with zero attached hydrogens (tertiary/aromatic N) is 1. The maximum atomic E-state index is 4.17. The minimum atomic E-state index is 0.821. The Morgan fingerprint density at radius 2 is 2.22 bits per heavy atom. The Balaban J connectivity index is 1.66. The highest BCUT2D eigenvalue weighted by Crippen LogP contribution is 2.36. The summed E-state index contributed by atoms with van der Waals surface area (Å²) in [5, 5.41) is 6.14. The first-order valence-corrected chi connectivity index (χ1v) is 6.87. The molecule has 1 unspecified atom stereocenters. The maximum absolute atomic E-state index is 4.17. The summed E-state index contributed by atoms with van der Waals surface area (Å²) in [4.78, 5) is 4.17. The molecule has 1 aromatic carbocycles. The summed E-state index contributed by atoms with van der Waals surface area (Å²) in [5.41, 5.74) is 1.37. The van der Waals surface area contributed by atoms with Crippen molar-refractivity contribution < 1.29 is 0 Å². The fraction of sp³-hybridized carbons (Fsp3) is 0.438. The van der Waals surface area contributed by atoms with Gasteiger partial charge >= 0.3 is 0 Å². The average Bonchev–Trinajstić information content (AvgIpc) is 3.23. The van der Waals surface area contributed by atoms with Crippen LogP contribution in [0.1, 0.15) is 25.3 Å². The van der Waals surface area contributed by atoms with Crippen molar-refractivity contribution in [3.8, 4) is 0 Å². The van der Waals surface area contributed by atoms with E-state index in [1.54, 1.807) is 0 Å². The number of benzene rings is 1. The van der Waals surface area contributed by atoms with Crippen LogP contribution in [0, 0.1) is 11.8 Å². The zero-order chi connectivity index (χ0) is 12.4. The van der Waals surface area contributed by atoms with Gasteiger partial charge in [-0.2, -0.15) is 0 Å². The first-order valence-electron chi connectivity index (χ1n) is 6.87. The molecule has 0 bridgehead atoms. The molecule has 18 heavy (non-hydrogen) atoms. The summed E-state index contributed by atoms with van der Waals surface area (Å²) in [7, 11) is 0. The Labute approximate surface area is 108 Å². The van der Waals surface area contributed by atoms with Crippen LogP contribution in [-0.4, -0.2) is 11.5 Å². The molecule has 0 saturated heterocycles. The van der Waals surface area contributed by atoms with E-state index in [9.17, 15) is 0 Å². The van der Waals surface area contributed by atoms with Crippen molar-refractivity contribution in [1.82, 2.24) is 10.3 Å². The smallest absolute Gasteiger partial charge is 0.0346 e. The van der Waals surface area contributed by atoms with E-state index >= 15 is 0 Å². The molecule has 1 aliphatic carbocycles. The Morgan fingerprint density at radius 1 is 1.33 bits per heavy atom. The number of aromatic nitrogens is 1. The molecule has 1 heterocycles. The largest absolute Gasteiger partial charge is 0.312 e. The lowest BCUT2D eigenvalue weighted by Gasteiger charge is -2.12. The number of hydrogen-bond donors (Lipinski definition) is 1. The van der Waals surface area contributed by atoms with Gasteiger partial charge < -0.3 is 5.32 Å². The third-order valence-corrected chi connectivity index (χ3v) is 3.98. The van der Waals surface area contributed by atoms with Gasteiger partial charge in [-0.1, -0.05) is 25.1 Å². The standard InChI is InChI=1S/C16H20N2/c1-12(13-5-6-13)9-18-11-15-4-2-3-14-10-17-8-7-16(14)15/h2-4,7-8,10,12-13,18H,5-6,9,11H2,1H3. The Kier molecular flexibility index (Phi) is 3.28. The Hall–Kier alpha value is -1.41. The summed E-state index contributed by atoms with van der Waals surface area (Å²) >= 11 is 0. The molecule has 0 amide bonds. The average molecular weight is 240 g/mol. The molecule has 0 spiro atoms. The van der Waals surface area contributed by atoms with E-state index in [0.717, 1.165) is 24.9 Å². The van der Waals surface area contributed by atoms with E-state index in [4.69, 9.17) is 0 Å². The minimum Gasteiger partial charge on any atom is -0.312 e. The molecule has 0 radical (unpaired) electrons. The molecule has 1 saturated carbocycles. The topological polar surface area (TPSA) is 24.9 Å². The predicted octanol–water partition coefficient (Wildman–Crippen LogP) is 3.37. The number of nitrogens with one attached hydrogen (secondary N) is 1. The molecule has 2 nitrogen and oxygen atoms in total. The van der Waals surface area contributed by atoms with Gasteiger partial charge in [-0.05, 0) is 48.2 Å². The van der Waals surface area contributed by atoms with Crippen LogP contribution in [0.25, 0.3) is 10.8 Å². The highest BCUT2D eigenvalue weighted by molar-refractivity contribution is 5.84. The number of rotatable bonds is 5. The van der Waals surface area contributed by atoms with Crippen LogP contribution < -0.4 is 5.32 Å². The van der Waals surface area contributed by atoms with Crippen molar-refractivity contribution in [2.75, 3.05) is 6.54 Å². The van der Waals surface area contributed by atoms with Gasteiger partial charge in [-0.25, -0.2) is 0 Å². The Morgan fingerprint density at radius 3 is 3.06 bits per heavy atom. The van der Waals surface area contributed by atoms with Gasteiger partial charge in [0.25, 0.3) is 0 Å². The second-order valence-electron chi connectivity index (χ2n) is 5.46. The van der Waals surface area contributed by atoms with E-state index < -0.39 is 0 Å². The van der Waals surface area contributed by atoms with Crippen LogP contribution >= 0.6 is 0 Å². The fourth-order valence-corrected chi connectivity index (χ4v) is 2.61. The molecule has 2 heteroatoms. The zero-order valence-electron chi connectivity index (χ0n) is 10.9. The van der Waals surface area contributed by atoms with Gasteiger partial charge in [-0.15, -0.1) is 0 Å². The van der Waals surface area contributed by atoms with Crippen LogP contribution in [0.5, 0.6) is 0 Å². The summed E-state index contributed by atoms with van der Waals surface area (Å²) in [5.74, 6) is 1.80. The third-order valence-electron chi connectivity index (χ3n) is 3.98. The van der Waals surface area contributed by atoms with Crippen LogP contribution in [-0.2, 0) is 6.54 Å². The third kappa shape index (κ3) is 2.54. The van der Waals surface area contributed by atoms with Gasteiger partial charge in [0.15, 0.2) is 0 Å². The number of fused-ring (bicyclic) bond motifs is 1. The quantitative estimate of drug-likeness (QED) is 0.866. The summed E-state index contributed by atoms with van der Waals surface area (Å²) in [6.07, 6.45) is 6.68. The Bertz CT molecular complexity index is 526. The van der Waals surface area contributed by atoms with E-state index in [2.05, 4.69) is 41.5 Å². The van der Waals surface area contributed by atoms with Crippen LogP contribution in [0.3, 0.4) is 0 Å². The number of pyridine rings is 1. The van der Waals surface area contributed by atoms with E-state index in [1.165, 1.54) is 29.2 Å². The van der Waals surface area contributed by atoms with Gasteiger partial charge in [0.2, 0.25) is 0 Å². The maximum Gasteiger partial charge on any atom is 0.0346 e. The van der Waals surface area contributed by atoms with E-state index in [0.29, 0.717) is 0 Å². The van der Waals surface area contributed by atoms with Gasteiger partial charge in [-0.3, -0.25) is 4.98 Å². The normalized spacial score (nSPS) is 16.9. The van der Waals surface area contributed by atoms with Crippen molar-refractivity contribution in [2.45, 2.75) is 26.3 Å². The molecule has 1 aromatic heterocycles. The molecule has 3 rings (SSSR count). The van der Waals surface area contributed by atoms with Crippen LogP contribution in [0.2, 0.25) is 0 Å². The molecule has 94 valence electrons. The predicted molar refractivity (Wildman–Crippen MR) is 75.3 cm³/mol. The molecular weight excluding hydrogens is 220 g/mol. The fourth-order valence-electron chi connectivity index (χ4n) is 2.61. The zero-order valence-corrected chi connectivity index (χ0v) is 10.9. The van der Waals surface area contributed by atoms with Crippen molar-refractivity contribution >= 4 is 10.8 Å². The molecule has 1 N–H and O–H groups in total. The molecule has 1 fully saturated rings. The van der Waals surface area contributed by atoms with Gasteiger partial charge in [0, 0.05) is 24.3 Å². The first-order chi connectivity index (χ1) is 8.84. The molecule has 2 aromatic rings. The first kappa shape index (κ1) is 11.7. The van der Waals surface area contributed by atoms with Crippen LogP contribution in [0.15, 0.2) is 36.7 Å². The molecular formula is C16H20N2. The SMILES string of the molecule is CC(CNCc1cccc2cnccc12)C1CC1. The second kappa shape index (κ2) is 5.07. The lowest BCUT2D eigenvalue weighted by atomic mass is 10.1. The molecule has 1 atom stereocenters. The van der Waals surface area contributed by atoms with Gasteiger partial charge in [0.1, 0.15) is 0 Å². The van der Waals surface area contributed by atoms with E-state index in [1.807, 2.05) is 12.4 Å². The second-order valence-corrected chi connectivity index (χ2v) is 5.46. The lowest BCUT2D eigenvalue weighted by molar-refractivity contribution is 0.462. The highest BCUT2D eigenvalue weighted by atomic mass is 14.9. The monoisotopic (exact) mass is 240 g/mol. The van der Waals surface area contributed by atoms with Crippen molar-refractivity contribution in [3.05, 3.63) is 42.2 Å². The van der Waals surface area contributed by atoms with Crippen molar-refractivity contribution in [3.63, 3.8) is 0 Å². The summed E-state index contributed by atoms with van der Waals surface area (Å²) in [6.45, 7) is 4.45. The van der Waals surface area contributed by atoms with Crippen molar-refractivity contribution in [2.24, 2.45) is 11.8 Å².